The number of non-ortho nitro benzene ring substituents is 1. The summed E-state index contributed by atoms with van der Waals surface area (Å²) < 4.78 is 26.8. The van der Waals surface area contributed by atoms with Crippen molar-refractivity contribution in [1.82, 2.24) is 9.80 Å². The van der Waals surface area contributed by atoms with E-state index in [1.165, 1.54) is 24.3 Å². The summed E-state index contributed by atoms with van der Waals surface area (Å²) in [5, 5.41) is 10.8. The molecule has 0 unspecified atom stereocenters. The fourth-order valence-electron chi connectivity index (χ4n) is 4.25. The summed E-state index contributed by atoms with van der Waals surface area (Å²) in [4.78, 5) is 17.3. The molecule has 0 aromatic heterocycles. The summed E-state index contributed by atoms with van der Waals surface area (Å²) in [6, 6.07) is 19.5. The van der Waals surface area contributed by atoms with Crippen LogP contribution in [0.3, 0.4) is 0 Å². The lowest BCUT2D eigenvalue weighted by atomic mass is 10.1. The van der Waals surface area contributed by atoms with Crippen molar-refractivity contribution in [2.24, 2.45) is 0 Å². The molecule has 1 aliphatic rings. The Balaban J connectivity index is 1.27. The maximum absolute atomic E-state index is 13.4. The van der Waals surface area contributed by atoms with E-state index in [0.29, 0.717) is 0 Å². The van der Waals surface area contributed by atoms with E-state index < -0.39 is 0 Å². The highest BCUT2D eigenvalue weighted by atomic mass is 19.1. The van der Waals surface area contributed by atoms with Gasteiger partial charge in [-0.2, -0.15) is 0 Å². The Morgan fingerprint density at radius 2 is 1.26 bits per heavy atom. The second-order valence-corrected chi connectivity index (χ2v) is 8.50. The number of anilines is 2. The van der Waals surface area contributed by atoms with Gasteiger partial charge in [0.15, 0.2) is 0 Å². The first kappa shape index (κ1) is 23.8. The van der Waals surface area contributed by atoms with E-state index in [9.17, 15) is 18.9 Å². The van der Waals surface area contributed by atoms with Crippen molar-refractivity contribution in [3.63, 3.8) is 0 Å². The van der Waals surface area contributed by atoms with Gasteiger partial charge in [-0.3, -0.25) is 15.0 Å². The van der Waals surface area contributed by atoms with Crippen LogP contribution in [0.1, 0.15) is 12.0 Å². The molecule has 6 nitrogen and oxygen atoms in total. The van der Waals surface area contributed by atoms with Crippen molar-refractivity contribution >= 4 is 17.1 Å². The minimum absolute atomic E-state index is 0.115. The number of nitro groups is 1. The molecule has 4 rings (SSSR count). The summed E-state index contributed by atoms with van der Waals surface area (Å²) in [6.07, 6.45) is 0.914. The number of nitrogens with zero attached hydrogens (tertiary/aromatic N) is 4. The van der Waals surface area contributed by atoms with Gasteiger partial charge < -0.3 is 9.80 Å². The summed E-state index contributed by atoms with van der Waals surface area (Å²) in [6.45, 7) is 6.26. The van der Waals surface area contributed by atoms with Crippen LogP contribution in [-0.4, -0.2) is 54.0 Å². The van der Waals surface area contributed by atoms with Crippen LogP contribution in [0.2, 0.25) is 0 Å². The van der Waals surface area contributed by atoms with E-state index in [4.69, 9.17) is 0 Å². The minimum atomic E-state index is -0.379. The monoisotopic (exact) mass is 466 g/mol. The van der Waals surface area contributed by atoms with Crippen LogP contribution in [0.15, 0.2) is 72.8 Å². The third-order valence-corrected chi connectivity index (χ3v) is 6.15. The molecule has 1 saturated heterocycles. The molecule has 0 spiro atoms. The molecular weight excluding hydrogens is 438 g/mol. The predicted octanol–water partition coefficient (Wildman–Crippen LogP) is 5.22. The van der Waals surface area contributed by atoms with Gasteiger partial charge in [0.25, 0.3) is 5.69 Å². The summed E-state index contributed by atoms with van der Waals surface area (Å²) >= 11 is 0. The highest BCUT2D eigenvalue weighted by Gasteiger charge is 2.18. The minimum Gasteiger partial charge on any atom is -0.341 e. The van der Waals surface area contributed by atoms with E-state index in [0.717, 1.165) is 69.2 Å². The van der Waals surface area contributed by atoms with Gasteiger partial charge in [0.2, 0.25) is 0 Å². The van der Waals surface area contributed by atoms with Gasteiger partial charge in [-0.1, -0.05) is 12.1 Å². The van der Waals surface area contributed by atoms with Crippen molar-refractivity contribution in [2.75, 3.05) is 44.2 Å². The summed E-state index contributed by atoms with van der Waals surface area (Å²) in [7, 11) is 0. The van der Waals surface area contributed by atoms with E-state index in [2.05, 4.69) is 14.7 Å². The molecule has 0 N–H and O–H groups in total. The molecule has 1 aliphatic heterocycles. The molecule has 0 saturated carbocycles. The van der Waals surface area contributed by atoms with E-state index in [1.54, 1.807) is 36.4 Å². The molecule has 0 aliphatic carbocycles. The van der Waals surface area contributed by atoms with E-state index >= 15 is 0 Å². The van der Waals surface area contributed by atoms with Gasteiger partial charge >= 0.3 is 0 Å². The van der Waals surface area contributed by atoms with Crippen molar-refractivity contribution in [1.29, 1.82) is 0 Å². The molecule has 1 heterocycles. The highest BCUT2D eigenvalue weighted by Crippen LogP contribution is 2.26. The van der Waals surface area contributed by atoms with Crippen LogP contribution in [0.4, 0.5) is 25.8 Å². The zero-order valence-corrected chi connectivity index (χ0v) is 18.9. The molecule has 34 heavy (non-hydrogen) atoms. The quantitative estimate of drug-likeness (QED) is 0.320. The van der Waals surface area contributed by atoms with Gasteiger partial charge in [0, 0.05) is 62.8 Å². The Hall–Kier alpha value is -3.36. The Morgan fingerprint density at radius 3 is 1.76 bits per heavy atom. The van der Waals surface area contributed by atoms with Gasteiger partial charge in [0.05, 0.1) is 4.92 Å². The largest absolute Gasteiger partial charge is 0.341 e. The number of nitro benzene ring substituents is 1. The van der Waals surface area contributed by atoms with Crippen molar-refractivity contribution in [3.8, 4) is 0 Å². The van der Waals surface area contributed by atoms with Gasteiger partial charge in [-0.25, -0.2) is 8.78 Å². The zero-order valence-electron chi connectivity index (χ0n) is 18.9. The molecule has 0 amide bonds. The number of benzene rings is 3. The average molecular weight is 467 g/mol. The lowest BCUT2D eigenvalue weighted by Gasteiger charge is -2.35. The smallest absolute Gasteiger partial charge is 0.269 e. The number of piperazine rings is 1. The molecule has 0 atom stereocenters. The van der Waals surface area contributed by atoms with Crippen molar-refractivity contribution in [2.45, 2.75) is 13.0 Å². The first-order chi connectivity index (χ1) is 16.5. The number of hydrogen-bond acceptors (Lipinski definition) is 5. The Morgan fingerprint density at radius 1 is 0.765 bits per heavy atom. The lowest BCUT2D eigenvalue weighted by molar-refractivity contribution is -0.384. The fourth-order valence-corrected chi connectivity index (χ4v) is 4.25. The third kappa shape index (κ3) is 6.36. The Bertz CT molecular complexity index is 1020. The molecule has 3 aromatic rings. The standard InChI is InChI=1S/C26H28F2N4O2/c27-22-4-10-24(11-5-22)31(25-12-6-23(28)7-13-25)15-1-14-29-16-18-30(19-17-29)20-21-2-8-26(9-3-21)32(33)34/h2-13H,1,14-20H2. The van der Waals surface area contributed by atoms with E-state index in [-0.39, 0.29) is 22.2 Å². The van der Waals surface area contributed by atoms with Crippen LogP contribution in [-0.2, 0) is 6.54 Å². The van der Waals surface area contributed by atoms with Crippen LogP contribution < -0.4 is 4.90 Å². The molecule has 178 valence electrons. The van der Waals surface area contributed by atoms with Crippen LogP contribution >= 0.6 is 0 Å². The van der Waals surface area contributed by atoms with Gasteiger partial charge in [0.1, 0.15) is 11.6 Å². The normalized spacial score (nSPS) is 14.8. The number of rotatable bonds is 9. The topological polar surface area (TPSA) is 52.9 Å². The molecule has 0 radical (unpaired) electrons. The first-order valence-corrected chi connectivity index (χ1v) is 11.4. The molecule has 0 bridgehead atoms. The first-order valence-electron chi connectivity index (χ1n) is 11.4. The van der Waals surface area contributed by atoms with Crippen LogP contribution in [0, 0.1) is 21.7 Å². The maximum atomic E-state index is 13.4. The van der Waals surface area contributed by atoms with Crippen molar-refractivity contribution in [3.05, 3.63) is 100 Å². The van der Waals surface area contributed by atoms with Gasteiger partial charge in [-0.05, 0) is 67.1 Å². The molecule has 1 fully saturated rings. The number of halogens is 2. The SMILES string of the molecule is O=[N+]([O-])c1ccc(CN2CCN(CCCN(c3ccc(F)cc3)c3ccc(F)cc3)CC2)cc1. The summed E-state index contributed by atoms with van der Waals surface area (Å²) in [5.74, 6) is -0.566. The van der Waals surface area contributed by atoms with Crippen LogP contribution in [0.5, 0.6) is 0 Å². The average Bonchev–Trinajstić information content (AvgIpc) is 2.85. The maximum Gasteiger partial charge on any atom is 0.269 e. The highest BCUT2D eigenvalue weighted by molar-refractivity contribution is 5.63. The zero-order chi connectivity index (χ0) is 23.9. The third-order valence-electron chi connectivity index (χ3n) is 6.15. The lowest BCUT2D eigenvalue weighted by Crippen LogP contribution is -2.46. The molecule has 3 aromatic carbocycles. The second-order valence-electron chi connectivity index (χ2n) is 8.50. The van der Waals surface area contributed by atoms with Crippen LogP contribution in [0.25, 0.3) is 0 Å². The Kier molecular flexibility index (Phi) is 7.82. The Labute approximate surface area is 198 Å². The summed E-state index contributed by atoms with van der Waals surface area (Å²) in [5.41, 5.74) is 2.94. The predicted molar refractivity (Wildman–Crippen MR) is 129 cm³/mol. The van der Waals surface area contributed by atoms with Gasteiger partial charge in [-0.15, -0.1) is 0 Å². The second kappa shape index (κ2) is 11.2. The fraction of sp³-hybridized carbons (Fsp3) is 0.308. The number of hydrogen-bond donors (Lipinski definition) is 0. The molecular formula is C26H28F2N4O2. The van der Waals surface area contributed by atoms with E-state index in [1.807, 2.05) is 12.1 Å². The molecule has 8 heteroatoms. The van der Waals surface area contributed by atoms with Crippen molar-refractivity contribution < 1.29 is 13.7 Å².